The van der Waals surface area contributed by atoms with E-state index < -0.39 is 37.6 Å². The topological polar surface area (TPSA) is 139 Å². The van der Waals surface area contributed by atoms with Crippen molar-refractivity contribution in [3.63, 3.8) is 0 Å². The highest BCUT2D eigenvalue weighted by atomic mass is 16.6. The van der Waals surface area contributed by atoms with E-state index >= 15 is 0 Å². The van der Waals surface area contributed by atoms with Crippen LogP contribution in [0.5, 0.6) is 5.75 Å². The molecule has 0 aliphatic carbocycles. The van der Waals surface area contributed by atoms with Gasteiger partial charge >= 0.3 is 11.4 Å². The highest BCUT2D eigenvalue weighted by molar-refractivity contribution is 5.65. The fraction of sp³-hybridized carbons (Fsp3) is 0.333. The second kappa shape index (κ2) is 5.71. The van der Waals surface area contributed by atoms with Crippen LogP contribution >= 0.6 is 0 Å². The Labute approximate surface area is 106 Å². The first-order valence-corrected chi connectivity index (χ1v) is 5.12. The summed E-state index contributed by atoms with van der Waals surface area (Å²) in [5, 5.41) is 32.2. The third-order valence-corrected chi connectivity index (χ3v) is 2.09. The smallest absolute Gasteiger partial charge is 0.325 e. The van der Waals surface area contributed by atoms with Gasteiger partial charge in [0.25, 0.3) is 11.4 Å². The molecule has 0 unspecified atom stereocenters. The minimum Gasteiger partial charge on any atom is -0.482 e. The Kier molecular flexibility index (Phi) is 4.29. The SMILES string of the molecule is CCCOc1c([N+](=O)[O-])cc([N+](=O)[O-])cc1[N+](=O)[O-]. The molecule has 0 saturated heterocycles. The number of nitro groups is 3. The number of ether oxygens (including phenoxy) is 1. The van der Waals surface area contributed by atoms with Gasteiger partial charge < -0.3 is 4.74 Å². The molecular weight excluding hydrogens is 262 g/mol. The summed E-state index contributed by atoms with van der Waals surface area (Å²) in [5.74, 6) is -0.567. The fourth-order valence-electron chi connectivity index (χ4n) is 1.31. The van der Waals surface area contributed by atoms with Gasteiger partial charge in [0.05, 0.1) is 33.5 Å². The van der Waals surface area contributed by atoms with Crippen molar-refractivity contribution in [3.8, 4) is 5.75 Å². The average molecular weight is 271 g/mol. The summed E-state index contributed by atoms with van der Waals surface area (Å²) in [6.07, 6.45) is 0.477. The lowest BCUT2D eigenvalue weighted by molar-refractivity contribution is -0.404. The Balaban J connectivity index is 3.50. The quantitative estimate of drug-likeness (QED) is 0.570. The molecule has 0 heterocycles. The van der Waals surface area contributed by atoms with Gasteiger partial charge in [0.1, 0.15) is 0 Å². The predicted molar refractivity (Wildman–Crippen MR) is 62.2 cm³/mol. The van der Waals surface area contributed by atoms with Crippen molar-refractivity contribution in [1.82, 2.24) is 0 Å². The van der Waals surface area contributed by atoms with E-state index in [2.05, 4.69) is 0 Å². The van der Waals surface area contributed by atoms with Gasteiger partial charge in [-0.2, -0.15) is 0 Å². The van der Waals surface area contributed by atoms with Crippen molar-refractivity contribution in [2.75, 3.05) is 6.61 Å². The Bertz CT molecular complexity index is 508. The lowest BCUT2D eigenvalue weighted by Gasteiger charge is -2.05. The van der Waals surface area contributed by atoms with Gasteiger partial charge in [-0.1, -0.05) is 6.92 Å². The standard InChI is InChI=1S/C9H9N3O7/c1-2-3-19-9-7(11(15)16)4-6(10(13)14)5-8(9)12(17)18/h4-5H,2-3H2,1H3. The molecule has 1 aromatic carbocycles. The lowest BCUT2D eigenvalue weighted by atomic mass is 10.2. The van der Waals surface area contributed by atoms with Crippen LogP contribution in [0.3, 0.4) is 0 Å². The van der Waals surface area contributed by atoms with Crippen LogP contribution in [-0.2, 0) is 0 Å². The Morgan fingerprint density at radius 1 is 1.00 bits per heavy atom. The zero-order valence-corrected chi connectivity index (χ0v) is 9.77. The van der Waals surface area contributed by atoms with E-state index in [0.29, 0.717) is 18.6 Å². The van der Waals surface area contributed by atoms with Gasteiger partial charge in [-0.25, -0.2) is 0 Å². The maximum atomic E-state index is 10.8. The average Bonchev–Trinajstić information content (AvgIpc) is 2.34. The van der Waals surface area contributed by atoms with E-state index in [-0.39, 0.29) is 6.61 Å². The molecule has 0 aromatic heterocycles. The van der Waals surface area contributed by atoms with Gasteiger partial charge in [0.15, 0.2) is 0 Å². The Hall–Kier alpha value is -2.78. The second-order valence-electron chi connectivity index (χ2n) is 3.43. The molecule has 0 saturated carbocycles. The molecule has 0 aliphatic rings. The third-order valence-electron chi connectivity index (χ3n) is 2.09. The number of nitro benzene ring substituents is 3. The zero-order valence-electron chi connectivity index (χ0n) is 9.77. The summed E-state index contributed by atoms with van der Waals surface area (Å²) in [4.78, 5) is 29.4. The summed E-state index contributed by atoms with van der Waals surface area (Å²) in [6.45, 7) is 1.74. The van der Waals surface area contributed by atoms with Crippen LogP contribution in [0.2, 0.25) is 0 Å². The highest BCUT2D eigenvalue weighted by Gasteiger charge is 2.31. The van der Waals surface area contributed by atoms with E-state index in [9.17, 15) is 30.3 Å². The molecule has 1 rings (SSSR count). The number of benzene rings is 1. The maximum Gasteiger partial charge on any atom is 0.325 e. The first-order chi connectivity index (χ1) is 8.88. The number of rotatable bonds is 6. The highest BCUT2D eigenvalue weighted by Crippen LogP contribution is 2.40. The Morgan fingerprint density at radius 2 is 1.47 bits per heavy atom. The van der Waals surface area contributed by atoms with E-state index in [1.165, 1.54) is 0 Å². The normalized spacial score (nSPS) is 9.95. The molecule has 0 bridgehead atoms. The van der Waals surface area contributed by atoms with Crippen LogP contribution in [0.25, 0.3) is 0 Å². The van der Waals surface area contributed by atoms with Gasteiger partial charge in [-0.05, 0) is 6.42 Å². The predicted octanol–water partition coefficient (Wildman–Crippen LogP) is 2.20. The molecule has 0 aliphatic heterocycles. The summed E-state index contributed by atoms with van der Waals surface area (Å²) >= 11 is 0. The van der Waals surface area contributed by atoms with E-state index in [1.807, 2.05) is 0 Å². The number of non-ortho nitro benzene ring substituents is 1. The van der Waals surface area contributed by atoms with Gasteiger partial charge in [0.2, 0.25) is 0 Å². The molecule has 1 aromatic rings. The van der Waals surface area contributed by atoms with Crippen molar-refractivity contribution in [2.45, 2.75) is 13.3 Å². The summed E-state index contributed by atoms with van der Waals surface area (Å²) in [5.41, 5.74) is -2.33. The molecule has 10 heteroatoms. The zero-order chi connectivity index (χ0) is 14.6. The van der Waals surface area contributed by atoms with Crippen LogP contribution in [0, 0.1) is 30.3 Å². The van der Waals surface area contributed by atoms with E-state index in [0.717, 1.165) is 0 Å². The molecule has 0 spiro atoms. The van der Waals surface area contributed by atoms with Gasteiger partial charge in [0, 0.05) is 0 Å². The molecule has 0 radical (unpaired) electrons. The monoisotopic (exact) mass is 271 g/mol. The minimum absolute atomic E-state index is 0.0273. The molecule has 19 heavy (non-hydrogen) atoms. The van der Waals surface area contributed by atoms with Gasteiger partial charge in [-0.3, -0.25) is 30.3 Å². The van der Waals surface area contributed by atoms with Crippen molar-refractivity contribution in [2.24, 2.45) is 0 Å². The molecule has 0 fully saturated rings. The van der Waals surface area contributed by atoms with Crippen LogP contribution in [0.1, 0.15) is 13.3 Å². The van der Waals surface area contributed by atoms with Crippen LogP contribution < -0.4 is 4.74 Å². The molecule has 0 atom stereocenters. The summed E-state index contributed by atoms with van der Waals surface area (Å²) in [6, 6.07) is 1.27. The second-order valence-corrected chi connectivity index (χ2v) is 3.43. The maximum absolute atomic E-state index is 10.8. The first-order valence-electron chi connectivity index (χ1n) is 5.12. The fourth-order valence-corrected chi connectivity index (χ4v) is 1.31. The number of nitrogens with zero attached hydrogens (tertiary/aromatic N) is 3. The molecule has 0 N–H and O–H groups in total. The van der Waals surface area contributed by atoms with Gasteiger partial charge in [-0.15, -0.1) is 0 Å². The van der Waals surface area contributed by atoms with Crippen molar-refractivity contribution >= 4 is 17.1 Å². The minimum atomic E-state index is -0.953. The van der Waals surface area contributed by atoms with E-state index in [4.69, 9.17) is 4.74 Å². The number of hydrogen-bond donors (Lipinski definition) is 0. The molecule has 0 amide bonds. The van der Waals surface area contributed by atoms with Crippen molar-refractivity contribution < 1.29 is 19.5 Å². The largest absolute Gasteiger partial charge is 0.482 e. The van der Waals surface area contributed by atoms with E-state index in [1.54, 1.807) is 6.92 Å². The van der Waals surface area contributed by atoms with Crippen LogP contribution in [0.15, 0.2) is 12.1 Å². The number of hydrogen-bond acceptors (Lipinski definition) is 7. The van der Waals surface area contributed by atoms with Crippen LogP contribution in [0.4, 0.5) is 17.1 Å². The summed E-state index contributed by atoms with van der Waals surface area (Å²) in [7, 11) is 0. The van der Waals surface area contributed by atoms with Crippen molar-refractivity contribution in [1.29, 1.82) is 0 Å². The molecular formula is C9H9N3O7. The van der Waals surface area contributed by atoms with Crippen molar-refractivity contribution in [3.05, 3.63) is 42.5 Å². The lowest BCUT2D eigenvalue weighted by Crippen LogP contribution is -2.04. The molecule has 102 valence electrons. The molecule has 10 nitrogen and oxygen atoms in total. The van der Waals surface area contributed by atoms with Crippen LogP contribution in [-0.4, -0.2) is 21.4 Å². The first kappa shape index (κ1) is 14.3. The Morgan fingerprint density at radius 3 is 1.79 bits per heavy atom. The third kappa shape index (κ3) is 3.12. The summed E-state index contributed by atoms with van der Waals surface area (Å²) < 4.78 is 4.97.